The van der Waals surface area contributed by atoms with Crippen LogP contribution in [0.25, 0.3) is 10.6 Å². The summed E-state index contributed by atoms with van der Waals surface area (Å²) in [5.74, 6) is 0. The monoisotopic (exact) mass is 279 g/mol. The number of nitriles is 1. The Bertz CT molecular complexity index is 573. The van der Waals surface area contributed by atoms with E-state index in [1.807, 2.05) is 22.9 Å². The van der Waals surface area contributed by atoms with Gasteiger partial charge in [-0.25, -0.2) is 0 Å². The van der Waals surface area contributed by atoms with Gasteiger partial charge in [-0.3, -0.25) is 0 Å². The highest BCUT2D eigenvalue weighted by Gasteiger charge is 2.14. The zero-order chi connectivity index (χ0) is 12.3. The van der Waals surface area contributed by atoms with Crippen LogP contribution in [0.2, 0.25) is 0 Å². The summed E-state index contributed by atoms with van der Waals surface area (Å²) in [5, 5.41) is 13.8. The van der Waals surface area contributed by atoms with Crippen LogP contribution in [0.5, 0.6) is 0 Å². The highest BCUT2D eigenvalue weighted by atomic mass is 35.5. The molecule has 17 heavy (non-hydrogen) atoms. The molecule has 2 aromatic heterocycles. The van der Waals surface area contributed by atoms with Crippen LogP contribution in [-0.4, -0.2) is 0 Å². The Morgan fingerprint density at radius 1 is 1.35 bits per heavy atom. The molecule has 0 atom stereocenters. The van der Waals surface area contributed by atoms with Crippen LogP contribution in [0.3, 0.4) is 0 Å². The summed E-state index contributed by atoms with van der Waals surface area (Å²) in [5.41, 5.74) is 1.77. The van der Waals surface area contributed by atoms with E-state index in [1.54, 1.807) is 11.3 Å². The number of nitrogens with zero attached hydrogens (tertiary/aromatic N) is 1. The van der Waals surface area contributed by atoms with E-state index in [0.717, 1.165) is 16.2 Å². The fourth-order valence-corrected chi connectivity index (χ4v) is 3.67. The normalized spacial score (nSPS) is 12.1. The second-order valence-corrected chi connectivity index (χ2v) is 5.65. The van der Waals surface area contributed by atoms with E-state index < -0.39 is 0 Å². The van der Waals surface area contributed by atoms with E-state index >= 15 is 0 Å². The van der Waals surface area contributed by atoms with Gasteiger partial charge in [0.05, 0.1) is 15.5 Å². The molecule has 0 amide bonds. The molecule has 0 aromatic carbocycles. The van der Waals surface area contributed by atoms with Gasteiger partial charge in [-0.15, -0.1) is 22.7 Å². The van der Waals surface area contributed by atoms with Crippen molar-refractivity contribution in [1.82, 2.24) is 0 Å². The largest absolute Gasteiger partial charge is 0.192 e. The van der Waals surface area contributed by atoms with Crippen molar-refractivity contribution in [3.8, 4) is 6.07 Å². The number of rotatable bonds is 3. The van der Waals surface area contributed by atoms with Crippen molar-refractivity contribution in [2.75, 3.05) is 0 Å². The summed E-state index contributed by atoms with van der Waals surface area (Å²) in [6.45, 7) is 2.09. The molecule has 0 radical (unpaired) electrons. The molecule has 0 aliphatic carbocycles. The molecule has 4 heteroatoms. The summed E-state index contributed by atoms with van der Waals surface area (Å²) < 4.78 is 0. The van der Waals surface area contributed by atoms with Crippen molar-refractivity contribution < 1.29 is 0 Å². The van der Waals surface area contributed by atoms with Gasteiger partial charge in [-0.05, 0) is 34.9 Å². The van der Waals surface area contributed by atoms with Crippen LogP contribution in [0.1, 0.15) is 22.2 Å². The van der Waals surface area contributed by atoms with Gasteiger partial charge in [-0.1, -0.05) is 24.6 Å². The smallest absolute Gasteiger partial charge is 0.102 e. The van der Waals surface area contributed by atoms with Gasteiger partial charge in [0.1, 0.15) is 6.07 Å². The molecule has 0 bridgehead atoms. The van der Waals surface area contributed by atoms with Crippen molar-refractivity contribution in [2.24, 2.45) is 0 Å². The molecule has 0 spiro atoms. The lowest BCUT2D eigenvalue weighted by atomic mass is 10.1. The number of hydrogen-bond donors (Lipinski definition) is 0. The molecule has 86 valence electrons. The maximum atomic E-state index is 9.25. The van der Waals surface area contributed by atoms with Gasteiger partial charge >= 0.3 is 0 Å². The van der Waals surface area contributed by atoms with E-state index in [1.165, 1.54) is 16.9 Å². The molecule has 1 nitrogen and oxygen atoms in total. The Morgan fingerprint density at radius 2 is 2.18 bits per heavy atom. The predicted octanol–water partition coefficient (Wildman–Crippen LogP) is 5.00. The summed E-state index contributed by atoms with van der Waals surface area (Å²) >= 11 is 9.48. The quantitative estimate of drug-likeness (QED) is 0.725. The Balaban J connectivity index is 2.54. The van der Waals surface area contributed by atoms with E-state index in [2.05, 4.69) is 19.1 Å². The molecule has 2 aromatic rings. The molecule has 0 fully saturated rings. The molecular weight excluding hydrogens is 270 g/mol. The molecule has 0 aliphatic heterocycles. The van der Waals surface area contributed by atoms with E-state index in [0.29, 0.717) is 10.6 Å². The van der Waals surface area contributed by atoms with Crippen LogP contribution in [-0.2, 0) is 6.42 Å². The molecule has 0 N–H and O–H groups in total. The van der Waals surface area contributed by atoms with Crippen molar-refractivity contribution in [3.63, 3.8) is 0 Å². The van der Waals surface area contributed by atoms with Crippen LogP contribution in [0, 0.1) is 11.3 Å². The molecule has 0 aliphatic rings. The lowest BCUT2D eigenvalue weighted by molar-refractivity contribution is 1.15. The average Bonchev–Trinajstić information content (AvgIpc) is 3.00. The average molecular weight is 280 g/mol. The lowest BCUT2D eigenvalue weighted by Crippen LogP contribution is -1.85. The number of allylic oxidation sites excluding steroid dienone is 1. The molecule has 2 rings (SSSR count). The Labute approximate surface area is 114 Å². The van der Waals surface area contributed by atoms with Gasteiger partial charge in [-0.2, -0.15) is 5.26 Å². The number of hydrogen-bond acceptors (Lipinski definition) is 3. The Kier molecular flexibility index (Phi) is 4.01. The maximum absolute atomic E-state index is 9.25. The fraction of sp³-hybridized carbons (Fsp3) is 0.154. The summed E-state index contributed by atoms with van der Waals surface area (Å²) in [6, 6.07) is 8.12. The zero-order valence-corrected chi connectivity index (χ0v) is 11.6. The Morgan fingerprint density at radius 3 is 2.76 bits per heavy atom. The second-order valence-electron chi connectivity index (χ2n) is 3.41. The fourth-order valence-electron chi connectivity index (χ4n) is 1.55. The number of thiophene rings is 2. The summed E-state index contributed by atoms with van der Waals surface area (Å²) in [7, 11) is 0. The van der Waals surface area contributed by atoms with Crippen molar-refractivity contribution in [3.05, 3.63) is 44.3 Å². The zero-order valence-electron chi connectivity index (χ0n) is 9.24. The summed E-state index contributed by atoms with van der Waals surface area (Å²) in [6.07, 6.45) is 0.929. The van der Waals surface area contributed by atoms with E-state index in [4.69, 9.17) is 11.6 Å². The highest BCUT2D eigenvalue weighted by molar-refractivity contribution is 7.13. The first-order valence-corrected chi connectivity index (χ1v) is 7.32. The van der Waals surface area contributed by atoms with Crippen molar-refractivity contribution in [1.29, 1.82) is 5.26 Å². The highest BCUT2D eigenvalue weighted by Crippen LogP contribution is 2.36. The van der Waals surface area contributed by atoms with Gasteiger partial charge < -0.3 is 0 Å². The minimum Gasteiger partial charge on any atom is -0.192 e. The third kappa shape index (κ3) is 2.44. The first kappa shape index (κ1) is 12.4. The first-order chi connectivity index (χ1) is 8.27. The van der Waals surface area contributed by atoms with Gasteiger partial charge in [0.25, 0.3) is 0 Å². The minimum atomic E-state index is 0.568. The van der Waals surface area contributed by atoms with E-state index in [-0.39, 0.29) is 0 Å². The SMILES string of the molecule is CCc1ccsc1C(Cl)=C(C#N)c1cccs1. The van der Waals surface area contributed by atoms with Crippen molar-refractivity contribution in [2.45, 2.75) is 13.3 Å². The third-order valence-corrected chi connectivity index (χ3v) is 4.78. The lowest BCUT2D eigenvalue weighted by Gasteiger charge is -2.02. The molecular formula is C13H10ClNS2. The molecule has 0 unspecified atom stereocenters. The topological polar surface area (TPSA) is 23.8 Å². The number of halogens is 1. The number of aryl methyl sites for hydroxylation is 1. The Hall–Kier alpha value is -1.08. The van der Waals surface area contributed by atoms with Gasteiger partial charge in [0, 0.05) is 4.88 Å². The maximum Gasteiger partial charge on any atom is 0.102 e. The molecule has 2 heterocycles. The summed E-state index contributed by atoms with van der Waals surface area (Å²) in [4.78, 5) is 1.94. The van der Waals surface area contributed by atoms with Crippen LogP contribution < -0.4 is 0 Å². The van der Waals surface area contributed by atoms with Crippen LogP contribution in [0.15, 0.2) is 29.0 Å². The third-order valence-electron chi connectivity index (χ3n) is 2.43. The standard InChI is InChI=1S/C13H10ClNS2/c1-2-9-5-7-17-13(9)12(14)10(8-15)11-4-3-6-16-11/h3-7H,2H2,1H3. The minimum absolute atomic E-state index is 0.568. The predicted molar refractivity (Wildman–Crippen MR) is 76.3 cm³/mol. The van der Waals surface area contributed by atoms with Crippen molar-refractivity contribution >= 4 is 44.9 Å². The van der Waals surface area contributed by atoms with Gasteiger partial charge in [0.15, 0.2) is 0 Å². The van der Waals surface area contributed by atoms with E-state index in [9.17, 15) is 5.26 Å². The van der Waals surface area contributed by atoms with Gasteiger partial charge in [0.2, 0.25) is 0 Å². The second kappa shape index (κ2) is 5.50. The van der Waals surface area contributed by atoms with Crippen LogP contribution in [0.4, 0.5) is 0 Å². The van der Waals surface area contributed by atoms with Crippen LogP contribution >= 0.6 is 34.3 Å². The molecule has 0 saturated carbocycles. The molecule has 0 saturated heterocycles. The first-order valence-electron chi connectivity index (χ1n) is 5.18.